The van der Waals surface area contributed by atoms with Gasteiger partial charge >= 0.3 is 12.1 Å². The Morgan fingerprint density at radius 3 is 2.27 bits per heavy atom. The van der Waals surface area contributed by atoms with Gasteiger partial charge in [-0.3, -0.25) is 19.2 Å². The Morgan fingerprint density at radius 1 is 0.844 bits per heavy atom. The highest BCUT2D eigenvalue weighted by Crippen LogP contribution is 2.38. The first-order valence-electron chi connectivity index (χ1n) is 27.5. The van der Waals surface area contributed by atoms with Gasteiger partial charge in [-0.05, 0) is 113 Å². The number of ketones is 3. The number of aliphatic hydroxyl groups excluding tert-OH is 3. The van der Waals surface area contributed by atoms with Crippen molar-refractivity contribution in [3.8, 4) is 0 Å². The average molecular weight is 1090 g/mol. The minimum Gasteiger partial charge on any atom is -0.492 e. The van der Waals surface area contributed by atoms with Crippen molar-refractivity contribution in [2.24, 2.45) is 35.5 Å². The molecule has 5 aliphatic rings. The lowest BCUT2D eigenvalue weighted by Gasteiger charge is -2.42. The molecule has 4 heterocycles. The second-order valence-electron chi connectivity index (χ2n) is 22.2. The lowest BCUT2D eigenvalue weighted by Crippen LogP contribution is -2.61. The van der Waals surface area contributed by atoms with Crippen molar-refractivity contribution in [3.05, 3.63) is 59.9 Å². The van der Waals surface area contributed by atoms with Gasteiger partial charge < -0.3 is 63.2 Å². The van der Waals surface area contributed by atoms with Crippen molar-refractivity contribution in [2.75, 3.05) is 34.5 Å². The molecule has 1 aliphatic carbocycles. The molecule has 18 atom stereocenters. The molecule has 0 aromatic heterocycles. The van der Waals surface area contributed by atoms with E-state index in [1.165, 1.54) is 25.5 Å². The Hall–Kier alpha value is -4.60. The van der Waals surface area contributed by atoms with Crippen LogP contribution >= 0.6 is 0 Å². The summed E-state index contributed by atoms with van der Waals surface area (Å²) in [5.41, 5.74) is 1.08. The van der Waals surface area contributed by atoms with Crippen LogP contribution in [0.5, 0.6) is 0 Å². The summed E-state index contributed by atoms with van der Waals surface area (Å²) in [5.74, 6) is -9.17. The van der Waals surface area contributed by atoms with E-state index in [1.54, 1.807) is 41.9 Å². The summed E-state index contributed by atoms with van der Waals surface area (Å²) in [4.78, 5) is 87.2. The summed E-state index contributed by atoms with van der Waals surface area (Å²) in [5, 5.41) is 43.2. The largest absolute Gasteiger partial charge is 0.509 e. The van der Waals surface area contributed by atoms with Crippen LogP contribution < -0.4 is 0 Å². The maximum Gasteiger partial charge on any atom is 0.509 e. The number of esters is 1. The molecule has 19 heteroatoms. The Morgan fingerprint density at radius 2 is 1.58 bits per heavy atom. The fourth-order valence-corrected chi connectivity index (χ4v) is 11.4. The topological polar surface area (TPSA) is 260 Å². The fraction of sp³-hybridized carbons (Fsp3) is 0.724. The van der Waals surface area contributed by atoms with Crippen molar-refractivity contribution < 1.29 is 87.1 Å². The highest BCUT2D eigenvalue weighted by Gasteiger charge is 2.53. The predicted octanol–water partition coefficient (Wildman–Crippen LogP) is 5.98. The Labute approximate surface area is 454 Å². The standard InChI is InChI=1S/C58H87NO18/c1-33-16-12-11-13-17-34(2)46(70-8)30-41-21-19-39(7)58(69,77-41)54(65)55(66)59-24-15-14-18-42(59)56(67)74-47(36(4)28-40-20-22-43(61)48(29-40)71-9)31-45(63)35(3)27-38(6)51(53(72-10)50(64)37(5)26-33)75-57(68)76-52-44(62)23-25-73-49(52)32-60/h11-13,16-17,23,25,27,33,35-37,39-44,46-49,51-53,60-62,69H,14-15,18-22,24,26,28-32H2,1-10H3/b13-11+,16-12-,34-17+,38-27+/t33-,35-,36-,37-,39-,40?,41+,42?,43-,44-,46+,47+,48-,49-,51-,52+,53+,58-/m1/s1. The van der Waals surface area contributed by atoms with Gasteiger partial charge in [-0.15, -0.1) is 0 Å². The summed E-state index contributed by atoms with van der Waals surface area (Å²) < 4.78 is 46.5. The number of nitrogens with zero attached hydrogens (tertiary/aromatic N) is 1. The van der Waals surface area contributed by atoms with Gasteiger partial charge in [0, 0.05) is 58.5 Å². The highest BCUT2D eigenvalue weighted by atomic mass is 16.7. The zero-order chi connectivity index (χ0) is 56.7. The molecule has 0 aromatic rings. The minimum atomic E-state index is -2.48. The monoisotopic (exact) mass is 1090 g/mol. The SMILES string of the molecule is CO[C@H]1C[C@@H]2CC[C@@H](C)[C@@](O)(O2)C(=O)C(=O)N2CCCCC2C(=O)O[C@H]([C@H](C)CC2CC[C@@H](O)[C@H](OC)C2)CC(=O)[C@H](C)/C=C(\C)[C@@H](OC(=O)O[C@H]2[C@H](O)C=CO[C@@H]2CO)[C@@H](OC)C(=O)[C@H](C)C[C@H](C)\C=C/C=C/C=C/1C. The molecule has 77 heavy (non-hydrogen) atoms. The van der Waals surface area contributed by atoms with E-state index < -0.39 is 133 Å². The molecule has 0 radical (unpaired) electrons. The molecule has 2 bridgehead atoms. The summed E-state index contributed by atoms with van der Waals surface area (Å²) in [6.45, 7) is 11.7. The number of cyclic esters (lactones) is 1. The van der Waals surface area contributed by atoms with Crippen LogP contribution in [-0.2, 0) is 61.9 Å². The summed E-state index contributed by atoms with van der Waals surface area (Å²) in [6, 6.07) is -1.22. The molecule has 2 saturated heterocycles. The molecule has 5 rings (SSSR count). The van der Waals surface area contributed by atoms with Crippen molar-refractivity contribution in [3.63, 3.8) is 0 Å². The maximum absolute atomic E-state index is 14.6. The van der Waals surface area contributed by atoms with Crippen LogP contribution in [0.3, 0.4) is 0 Å². The normalized spacial score (nSPS) is 39.6. The van der Waals surface area contributed by atoms with Crippen LogP contribution in [0.15, 0.2) is 59.9 Å². The molecule has 19 nitrogen and oxygen atoms in total. The molecular weight excluding hydrogens is 999 g/mol. The van der Waals surface area contributed by atoms with Gasteiger partial charge in [-0.2, -0.15) is 0 Å². The van der Waals surface area contributed by atoms with Crippen LogP contribution in [0.2, 0.25) is 0 Å². The van der Waals surface area contributed by atoms with Gasteiger partial charge in [0.05, 0.1) is 37.3 Å². The van der Waals surface area contributed by atoms with E-state index in [9.17, 15) is 49.2 Å². The van der Waals surface area contributed by atoms with Crippen LogP contribution in [0.25, 0.3) is 0 Å². The summed E-state index contributed by atoms with van der Waals surface area (Å²) in [7, 11) is 4.39. The van der Waals surface area contributed by atoms with Crippen LogP contribution in [-0.4, -0.2) is 168 Å². The van der Waals surface area contributed by atoms with Crippen LogP contribution in [0.4, 0.5) is 4.79 Å². The number of methoxy groups -OCH3 is 3. The number of Topliss-reactive ketones (excluding diaryl/α,β-unsaturated/α-hetero) is 3. The number of aliphatic hydroxyl groups is 4. The van der Waals surface area contributed by atoms with Crippen molar-refractivity contribution in [1.82, 2.24) is 4.90 Å². The molecule has 432 valence electrons. The van der Waals surface area contributed by atoms with E-state index >= 15 is 0 Å². The number of ether oxygens (including phenoxy) is 8. The van der Waals surface area contributed by atoms with Gasteiger partial charge in [0.2, 0.25) is 5.79 Å². The van der Waals surface area contributed by atoms with E-state index in [0.717, 1.165) is 10.5 Å². The number of amides is 1. The van der Waals surface area contributed by atoms with Crippen LogP contribution in [0.1, 0.15) is 126 Å². The zero-order valence-electron chi connectivity index (χ0n) is 46.8. The first-order chi connectivity index (χ1) is 36.6. The average Bonchev–Trinajstić information content (AvgIpc) is 3.42. The zero-order valence-corrected chi connectivity index (χ0v) is 46.8. The number of piperidine rings is 1. The third-order valence-corrected chi connectivity index (χ3v) is 16.3. The van der Waals surface area contributed by atoms with Crippen molar-refractivity contribution >= 4 is 35.4 Å². The molecule has 0 aromatic carbocycles. The van der Waals surface area contributed by atoms with Crippen molar-refractivity contribution in [2.45, 2.75) is 198 Å². The molecule has 1 amide bonds. The lowest BCUT2D eigenvalue weighted by atomic mass is 9.78. The van der Waals surface area contributed by atoms with Gasteiger partial charge in [-0.1, -0.05) is 71.1 Å². The van der Waals surface area contributed by atoms with Gasteiger partial charge in [0.25, 0.3) is 11.7 Å². The fourth-order valence-electron chi connectivity index (χ4n) is 11.4. The molecule has 3 fully saturated rings. The summed E-state index contributed by atoms with van der Waals surface area (Å²) in [6.07, 6.45) is 6.66. The Balaban J connectivity index is 1.54. The number of carbonyl (C=O) groups excluding carboxylic acids is 6. The molecule has 0 spiro atoms. The Kier molecular flexibility index (Phi) is 24.3. The molecule has 4 N–H and O–H groups in total. The molecule has 1 saturated carbocycles. The van der Waals surface area contributed by atoms with Gasteiger partial charge in [-0.25, -0.2) is 9.59 Å². The molecule has 4 aliphatic heterocycles. The second-order valence-corrected chi connectivity index (χ2v) is 22.2. The number of fused-ring (bicyclic) bond motifs is 3. The highest BCUT2D eigenvalue weighted by molar-refractivity contribution is 6.39. The van der Waals surface area contributed by atoms with E-state index in [-0.39, 0.29) is 49.0 Å². The third-order valence-electron chi connectivity index (χ3n) is 16.3. The number of hydrogen-bond donors (Lipinski definition) is 4. The smallest absolute Gasteiger partial charge is 0.492 e. The molecule has 2 unspecified atom stereocenters. The predicted molar refractivity (Wildman–Crippen MR) is 281 cm³/mol. The number of hydrogen-bond acceptors (Lipinski definition) is 18. The first-order valence-corrected chi connectivity index (χ1v) is 27.5. The number of carbonyl (C=O) groups is 6. The van der Waals surface area contributed by atoms with Crippen LogP contribution in [0, 0.1) is 35.5 Å². The van der Waals surface area contributed by atoms with E-state index in [1.807, 2.05) is 51.2 Å². The number of allylic oxidation sites excluding steroid dienone is 6. The first kappa shape index (κ1) is 63.2. The summed E-state index contributed by atoms with van der Waals surface area (Å²) >= 11 is 0. The number of rotatable bonds is 9. The minimum absolute atomic E-state index is 0.0350. The van der Waals surface area contributed by atoms with E-state index in [4.69, 9.17) is 37.9 Å². The van der Waals surface area contributed by atoms with E-state index in [2.05, 4.69) is 0 Å². The van der Waals surface area contributed by atoms with Crippen molar-refractivity contribution in [1.29, 1.82) is 0 Å². The van der Waals surface area contributed by atoms with Gasteiger partial charge in [0.1, 0.15) is 24.0 Å². The van der Waals surface area contributed by atoms with E-state index in [0.29, 0.717) is 57.8 Å². The third kappa shape index (κ3) is 16.7. The maximum atomic E-state index is 14.6. The van der Waals surface area contributed by atoms with Gasteiger partial charge in [0.15, 0.2) is 30.2 Å². The second kappa shape index (κ2) is 29.6. The Bertz CT molecular complexity index is 2170. The quantitative estimate of drug-likeness (QED) is 0.118. The lowest BCUT2D eigenvalue weighted by molar-refractivity contribution is -0.265. The molecular formula is C58H87NO18.